The number of anilines is 1. The number of nitrogens with zero attached hydrogens (tertiary/aromatic N) is 4. The molecule has 0 spiro atoms. The van der Waals surface area contributed by atoms with Crippen LogP contribution in [0.2, 0.25) is 0 Å². The fourth-order valence-electron chi connectivity index (χ4n) is 3.46. The zero-order valence-electron chi connectivity index (χ0n) is 17.0. The maximum atomic E-state index is 12.6. The van der Waals surface area contributed by atoms with E-state index in [4.69, 9.17) is 4.98 Å². The molecule has 1 N–H and O–H groups in total. The first kappa shape index (κ1) is 18.9. The van der Waals surface area contributed by atoms with E-state index < -0.39 is 0 Å². The highest BCUT2D eigenvalue weighted by Gasteiger charge is 2.15. The number of hydrogen-bond acceptors (Lipinski definition) is 3. The third-order valence-corrected chi connectivity index (χ3v) is 5.13. The molecule has 4 rings (SSSR count). The smallest absolute Gasteiger partial charge is 0.229 e. The summed E-state index contributed by atoms with van der Waals surface area (Å²) in [4.78, 5) is 17.4. The molecule has 0 fully saturated rings. The minimum Gasteiger partial charge on any atom is -0.331 e. The first-order chi connectivity index (χ1) is 14.0. The molecule has 2 aromatic carbocycles. The number of amides is 1. The van der Waals surface area contributed by atoms with Crippen LogP contribution in [-0.4, -0.2) is 25.2 Å². The Morgan fingerprint density at radius 1 is 1.14 bits per heavy atom. The van der Waals surface area contributed by atoms with Crippen molar-refractivity contribution in [3.05, 3.63) is 77.9 Å². The van der Waals surface area contributed by atoms with Crippen molar-refractivity contribution < 1.29 is 4.79 Å². The number of imidazole rings is 1. The third kappa shape index (κ3) is 4.21. The monoisotopic (exact) mass is 387 g/mol. The van der Waals surface area contributed by atoms with Gasteiger partial charge in [-0.3, -0.25) is 9.48 Å². The van der Waals surface area contributed by atoms with Gasteiger partial charge in [0.2, 0.25) is 5.91 Å². The second kappa shape index (κ2) is 7.91. The summed E-state index contributed by atoms with van der Waals surface area (Å²) in [6.07, 6.45) is 2.67. The zero-order valence-corrected chi connectivity index (χ0v) is 17.0. The molecule has 0 radical (unpaired) electrons. The average molecular weight is 387 g/mol. The molecular formula is C23H25N5O. The molecule has 0 saturated heterocycles. The first-order valence-corrected chi connectivity index (χ1v) is 9.80. The van der Waals surface area contributed by atoms with Crippen LogP contribution in [0.15, 0.2) is 60.8 Å². The van der Waals surface area contributed by atoms with Gasteiger partial charge in [0.25, 0.3) is 0 Å². The maximum absolute atomic E-state index is 12.6. The van der Waals surface area contributed by atoms with Gasteiger partial charge in [0, 0.05) is 25.4 Å². The van der Waals surface area contributed by atoms with E-state index >= 15 is 0 Å². The minimum absolute atomic E-state index is 0.0297. The van der Waals surface area contributed by atoms with Crippen LogP contribution in [0.5, 0.6) is 0 Å². The number of carbonyl (C=O) groups excluding carboxylic acids is 1. The lowest BCUT2D eigenvalue weighted by Crippen LogP contribution is -2.24. The van der Waals surface area contributed by atoms with Crippen molar-refractivity contribution in [3.63, 3.8) is 0 Å². The molecule has 1 atom stereocenters. The minimum atomic E-state index is -0.192. The van der Waals surface area contributed by atoms with E-state index in [-0.39, 0.29) is 11.8 Å². The molecule has 2 aromatic heterocycles. The average Bonchev–Trinajstić information content (AvgIpc) is 3.25. The fourth-order valence-corrected chi connectivity index (χ4v) is 3.46. The SMILES string of the molecule is Cc1ccn(CC(C)C(=O)Nc2ccc3c(c2)nc(Cc2ccccc2)n3C)n1. The molecule has 4 aromatic rings. The molecule has 0 bridgehead atoms. The summed E-state index contributed by atoms with van der Waals surface area (Å²) < 4.78 is 3.91. The molecule has 0 aliphatic heterocycles. The van der Waals surface area contributed by atoms with Crippen molar-refractivity contribution in [2.24, 2.45) is 13.0 Å². The van der Waals surface area contributed by atoms with E-state index in [1.54, 1.807) is 4.68 Å². The van der Waals surface area contributed by atoms with Gasteiger partial charge in [-0.15, -0.1) is 0 Å². The predicted molar refractivity (Wildman–Crippen MR) is 115 cm³/mol. The number of carbonyl (C=O) groups is 1. The van der Waals surface area contributed by atoms with Crippen molar-refractivity contribution in [2.45, 2.75) is 26.8 Å². The molecule has 0 saturated carbocycles. The quantitative estimate of drug-likeness (QED) is 0.545. The predicted octanol–water partition coefficient (Wildman–Crippen LogP) is 3.94. The molecule has 0 aliphatic rings. The lowest BCUT2D eigenvalue weighted by Gasteiger charge is -2.12. The Morgan fingerprint density at radius 2 is 1.93 bits per heavy atom. The maximum Gasteiger partial charge on any atom is 0.229 e. The lowest BCUT2D eigenvalue weighted by atomic mass is 10.1. The fraction of sp³-hybridized carbons (Fsp3) is 0.261. The standard InChI is InChI=1S/C23H25N5O/c1-16(15-28-12-11-17(2)26-28)23(29)24-19-9-10-21-20(14-19)25-22(27(21)3)13-18-7-5-4-6-8-18/h4-12,14,16H,13,15H2,1-3H3,(H,24,29). The molecular weight excluding hydrogens is 362 g/mol. The second-order valence-electron chi connectivity index (χ2n) is 7.52. The van der Waals surface area contributed by atoms with Gasteiger partial charge in [-0.2, -0.15) is 5.10 Å². The van der Waals surface area contributed by atoms with Gasteiger partial charge in [0.1, 0.15) is 5.82 Å². The first-order valence-electron chi connectivity index (χ1n) is 9.80. The van der Waals surface area contributed by atoms with Crippen molar-refractivity contribution in [1.82, 2.24) is 19.3 Å². The van der Waals surface area contributed by atoms with Gasteiger partial charge in [-0.1, -0.05) is 37.3 Å². The molecule has 2 heterocycles. The Bertz CT molecular complexity index is 1140. The van der Waals surface area contributed by atoms with Crippen LogP contribution in [0.4, 0.5) is 5.69 Å². The largest absolute Gasteiger partial charge is 0.331 e. The van der Waals surface area contributed by atoms with Crippen LogP contribution in [0.25, 0.3) is 11.0 Å². The van der Waals surface area contributed by atoms with Crippen LogP contribution in [0.1, 0.15) is 24.0 Å². The highest BCUT2D eigenvalue weighted by atomic mass is 16.1. The Labute approximate surface area is 170 Å². The van der Waals surface area contributed by atoms with E-state index in [2.05, 4.69) is 27.1 Å². The van der Waals surface area contributed by atoms with Crippen LogP contribution >= 0.6 is 0 Å². The summed E-state index contributed by atoms with van der Waals surface area (Å²) in [5.74, 6) is 0.775. The van der Waals surface area contributed by atoms with Crippen molar-refractivity contribution in [3.8, 4) is 0 Å². The normalized spacial score (nSPS) is 12.2. The number of hydrogen-bond donors (Lipinski definition) is 1. The van der Waals surface area contributed by atoms with E-state index in [1.807, 2.05) is 69.6 Å². The number of benzene rings is 2. The number of aryl methyl sites for hydroxylation is 2. The Balaban J connectivity index is 1.49. The van der Waals surface area contributed by atoms with Crippen LogP contribution in [-0.2, 0) is 24.8 Å². The number of fused-ring (bicyclic) bond motifs is 1. The number of nitrogens with one attached hydrogen (secondary N) is 1. The topological polar surface area (TPSA) is 64.7 Å². The Hall–Kier alpha value is -3.41. The van der Waals surface area contributed by atoms with Gasteiger partial charge in [-0.25, -0.2) is 4.98 Å². The van der Waals surface area contributed by atoms with E-state index in [0.29, 0.717) is 6.54 Å². The second-order valence-corrected chi connectivity index (χ2v) is 7.52. The van der Waals surface area contributed by atoms with Crippen LogP contribution in [0.3, 0.4) is 0 Å². The molecule has 6 heteroatoms. The molecule has 6 nitrogen and oxygen atoms in total. The highest BCUT2D eigenvalue weighted by molar-refractivity contribution is 5.94. The molecule has 148 valence electrons. The van der Waals surface area contributed by atoms with Crippen molar-refractivity contribution >= 4 is 22.6 Å². The van der Waals surface area contributed by atoms with Crippen molar-refractivity contribution in [2.75, 3.05) is 5.32 Å². The van der Waals surface area contributed by atoms with Crippen LogP contribution < -0.4 is 5.32 Å². The van der Waals surface area contributed by atoms with Crippen LogP contribution in [0, 0.1) is 12.8 Å². The van der Waals surface area contributed by atoms with E-state index in [9.17, 15) is 4.79 Å². The lowest BCUT2D eigenvalue weighted by molar-refractivity contribution is -0.119. The molecule has 0 aliphatic carbocycles. The van der Waals surface area contributed by atoms with Crippen molar-refractivity contribution in [1.29, 1.82) is 0 Å². The zero-order chi connectivity index (χ0) is 20.4. The number of aromatic nitrogens is 4. The Morgan fingerprint density at radius 3 is 2.66 bits per heavy atom. The van der Waals surface area contributed by atoms with Gasteiger partial charge in [0.05, 0.1) is 29.2 Å². The number of rotatable bonds is 6. The van der Waals surface area contributed by atoms with Gasteiger partial charge in [0.15, 0.2) is 0 Å². The molecule has 29 heavy (non-hydrogen) atoms. The third-order valence-electron chi connectivity index (χ3n) is 5.13. The summed E-state index contributed by atoms with van der Waals surface area (Å²) >= 11 is 0. The van der Waals surface area contributed by atoms with Gasteiger partial charge in [-0.05, 0) is 36.8 Å². The summed E-state index contributed by atoms with van der Waals surface area (Å²) in [6.45, 7) is 4.39. The Kier molecular flexibility index (Phi) is 5.16. The van der Waals surface area contributed by atoms with E-state index in [0.717, 1.165) is 34.7 Å². The summed E-state index contributed by atoms with van der Waals surface area (Å²) in [5, 5.41) is 7.36. The van der Waals surface area contributed by atoms with E-state index in [1.165, 1.54) is 5.56 Å². The van der Waals surface area contributed by atoms with Gasteiger partial charge >= 0.3 is 0 Å². The molecule has 1 amide bonds. The highest BCUT2D eigenvalue weighted by Crippen LogP contribution is 2.22. The summed E-state index contributed by atoms with van der Waals surface area (Å²) in [5.41, 5.74) is 4.86. The summed E-state index contributed by atoms with van der Waals surface area (Å²) in [6, 6.07) is 18.1. The molecule has 1 unspecified atom stereocenters. The summed E-state index contributed by atoms with van der Waals surface area (Å²) in [7, 11) is 2.03. The van der Waals surface area contributed by atoms with Gasteiger partial charge < -0.3 is 9.88 Å².